The number of hydrogen-bond donors (Lipinski definition) is 3. The van der Waals surface area contributed by atoms with Crippen molar-refractivity contribution in [3.05, 3.63) is 30.3 Å². The van der Waals surface area contributed by atoms with Gasteiger partial charge in [0, 0.05) is 18.0 Å². The van der Waals surface area contributed by atoms with Crippen LogP contribution in [0.2, 0.25) is 0 Å². The van der Waals surface area contributed by atoms with Crippen LogP contribution in [0.25, 0.3) is 10.8 Å². The van der Waals surface area contributed by atoms with E-state index in [9.17, 15) is 13.2 Å². The third-order valence-electron chi connectivity index (χ3n) is 2.59. The fourth-order valence-electron chi connectivity index (χ4n) is 1.88. The summed E-state index contributed by atoms with van der Waals surface area (Å²) in [6.07, 6.45) is 0. The lowest BCUT2D eigenvalue weighted by Gasteiger charge is -2.10. The first-order valence-corrected chi connectivity index (χ1v) is 6.80. The Hall–Kier alpha value is -2.12. The molecule has 0 fully saturated rings. The highest BCUT2D eigenvalue weighted by molar-refractivity contribution is 7.85. The smallest absolute Gasteiger partial charge is 0.294 e. The van der Waals surface area contributed by atoms with E-state index in [1.165, 1.54) is 13.0 Å². The van der Waals surface area contributed by atoms with Crippen molar-refractivity contribution >= 4 is 38.2 Å². The number of amides is 1. The highest BCUT2D eigenvalue weighted by Gasteiger charge is 2.14. The first-order chi connectivity index (χ1) is 8.79. The quantitative estimate of drug-likeness (QED) is 0.572. The second-order valence-electron chi connectivity index (χ2n) is 4.07. The highest BCUT2D eigenvalue weighted by Crippen LogP contribution is 2.31. The van der Waals surface area contributed by atoms with Crippen LogP contribution in [0.3, 0.4) is 0 Å². The molecule has 0 heterocycles. The molecule has 0 atom stereocenters. The Morgan fingerprint density at radius 2 is 2.00 bits per heavy atom. The van der Waals surface area contributed by atoms with Crippen LogP contribution in [0.4, 0.5) is 11.4 Å². The van der Waals surface area contributed by atoms with Gasteiger partial charge in [-0.3, -0.25) is 9.35 Å². The van der Waals surface area contributed by atoms with E-state index in [0.717, 1.165) is 6.07 Å². The van der Waals surface area contributed by atoms with E-state index >= 15 is 0 Å². The molecule has 0 saturated heterocycles. The molecular formula is C12H12N2O4S. The van der Waals surface area contributed by atoms with E-state index in [4.69, 9.17) is 10.3 Å². The lowest BCUT2D eigenvalue weighted by Crippen LogP contribution is -2.07. The van der Waals surface area contributed by atoms with Crippen molar-refractivity contribution in [3.63, 3.8) is 0 Å². The molecule has 0 aliphatic carbocycles. The van der Waals surface area contributed by atoms with E-state index in [2.05, 4.69) is 5.32 Å². The fraction of sp³-hybridized carbons (Fsp3) is 0.0833. The Kier molecular flexibility index (Phi) is 3.17. The van der Waals surface area contributed by atoms with Crippen molar-refractivity contribution in [2.75, 3.05) is 11.1 Å². The van der Waals surface area contributed by atoms with Gasteiger partial charge >= 0.3 is 0 Å². The van der Waals surface area contributed by atoms with E-state index < -0.39 is 10.1 Å². The molecule has 0 unspecified atom stereocenters. The zero-order valence-corrected chi connectivity index (χ0v) is 10.9. The highest BCUT2D eigenvalue weighted by atomic mass is 32.2. The summed E-state index contributed by atoms with van der Waals surface area (Å²) in [6.45, 7) is 1.36. The van der Waals surface area contributed by atoms with Gasteiger partial charge in [-0.2, -0.15) is 8.42 Å². The molecule has 2 aromatic rings. The zero-order valence-electron chi connectivity index (χ0n) is 10.0. The molecule has 100 valence electrons. The summed E-state index contributed by atoms with van der Waals surface area (Å²) in [6, 6.07) is 7.41. The summed E-state index contributed by atoms with van der Waals surface area (Å²) in [5.74, 6) is -0.259. The number of anilines is 2. The summed E-state index contributed by atoms with van der Waals surface area (Å²) in [4.78, 5) is 10.8. The number of nitrogens with two attached hydrogens (primary N) is 1. The number of benzene rings is 2. The Bertz CT molecular complexity index is 769. The van der Waals surface area contributed by atoms with E-state index in [1.54, 1.807) is 18.2 Å². The minimum Gasteiger partial charge on any atom is -0.398 e. The van der Waals surface area contributed by atoms with Crippen LogP contribution in [-0.2, 0) is 14.9 Å². The molecule has 6 nitrogen and oxygen atoms in total. The number of carbonyl (C=O) groups is 1. The Morgan fingerprint density at radius 3 is 2.58 bits per heavy atom. The maximum absolute atomic E-state index is 11.1. The lowest BCUT2D eigenvalue weighted by molar-refractivity contribution is -0.114. The van der Waals surface area contributed by atoms with Gasteiger partial charge in [-0.25, -0.2) is 0 Å². The first-order valence-electron chi connectivity index (χ1n) is 5.36. The van der Waals surface area contributed by atoms with Crippen molar-refractivity contribution in [2.45, 2.75) is 11.8 Å². The Balaban J connectivity index is 2.76. The van der Waals surface area contributed by atoms with Gasteiger partial charge in [0.2, 0.25) is 5.91 Å². The number of fused-ring (bicyclic) bond motifs is 1. The molecule has 0 bridgehead atoms. The van der Waals surface area contributed by atoms with Crippen molar-refractivity contribution in [1.82, 2.24) is 0 Å². The number of hydrogen-bond acceptors (Lipinski definition) is 4. The molecule has 1 amide bonds. The number of rotatable bonds is 2. The molecule has 0 aliphatic heterocycles. The van der Waals surface area contributed by atoms with E-state index in [-0.39, 0.29) is 16.5 Å². The topological polar surface area (TPSA) is 109 Å². The maximum Gasteiger partial charge on any atom is 0.294 e. The molecule has 2 aromatic carbocycles. The molecule has 0 aromatic heterocycles. The van der Waals surface area contributed by atoms with Crippen LogP contribution < -0.4 is 11.1 Å². The summed E-state index contributed by atoms with van der Waals surface area (Å²) < 4.78 is 31.3. The second kappa shape index (κ2) is 4.52. The molecule has 0 saturated carbocycles. The van der Waals surface area contributed by atoms with Gasteiger partial charge in [0.25, 0.3) is 10.1 Å². The van der Waals surface area contributed by atoms with Gasteiger partial charge in [-0.15, -0.1) is 0 Å². The van der Waals surface area contributed by atoms with Gasteiger partial charge in [0.15, 0.2) is 0 Å². The molecular weight excluding hydrogens is 268 g/mol. The largest absolute Gasteiger partial charge is 0.398 e. The van der Waals surface area contributed by atoms with Gasteiger partial charge < -0.3 is 11.1 Å². The summed E-state index contributed by atoms with van der Waals surface area (Å²) in [7, 11) is -4.32. The molecule has 0 spiro atoms. The van der Waals surface area contributed by atoms with E-state index in [1.807, 2.05) is 0 Å². The first kappa shape index (κ1) is 13.3. The number of nitrogens with one attached hydrogen (secondary N) is 1. The molecule has 7 heteroatoms. The van der Waals surface area contributed by atoms with Crippen molar-refractivity contribution in [1.29, 1.82) is 0 Å². The number of nitrogen functional groups attached to an aromatic ring is 1. The Morgan fingerprint density at radius 1 is 1.32 bits per heavy atom. The maximum atomic E-state index is 11.1. The summed E-state index contributed by atoms with van der Waals surface area (Å²) >= 11 is 0. The molecule has 0 aliphatic rings. The van der Waals surface area contributed by atoms with Crippen LogP contribution >= 0.6 is 0 Å². The van der Waals surface area contributed by atoms with Crippen molar-refractivity contribution in [3.8, 4) is 0 Å². The molecule has 19 heavy (non-hydrogen) atoms. The van der Waals surface area contributed by atoms with Crippen LogP contribution in [0, 0.1) is 0 Å². The standard InChI is InChI=1S/C12H12N2O4S/c1-7(15)14-11-4-2-3-8-5-9(19(16,17)18)6-10(13)12(8)11/h2-6H,13H2,1H3,(H,14,15)(H,16,17,18). The predicted octanol–water partition coefficient (Wildman–Crippen LogP) is 1.63. The van der Waals surface area contributed by atoms with Gasteiger partial charge in [-0.05, 0) is 23.6 Å². The van der Waals surface area contributed by atoms with Crippen molar-refractivity contribution < 1.29 is 17.8 Å². The van der Waals surface area contributed by atoms with Crippen molar-refractivity contribution in [2.24, 2.45) is 0 Å². The second-order valence-corrected chi connectivity index (χ2v) is 5.49. The Labute approximate surface area is 110 Å². The monoisotopic (exact) mass is 280 g/mol. The number of carbonyl (C=O) groups excluding carboxylic acids is 1. The third kappa shape index (κ3) is 2.67. The van der Waals surface area contributed by atoms with E-state index in [0.29, 0.717) is 16.5 Å². The van der Waals surface area contributed by atoms with Crippen LogP contribution in [-0.4, -0.2) is 18.9 Å². The predicted molar refractivity (Wildman–Crippen MR) is 72.5 cm³/mol. The molecule has 4 N–H and O–H groups in total. The summed E-state index contributed by atoms with van der Waals surface area (Å²) in [5, 5.41) is 3.66. The molecule has 0 radical (unpaired) electrons. The third-order valence-corrected chi connectivity index (χ3v) is 3.42. The minimum atomic E-state index is -4.32. The van der Waals surface area contributed by atoms with Gasteiger partial charge in [0.05, 0.1) is 10.6 Å². The molecule has 2 rings (SSSR count). The SMILES string of the molecule is CC(=O)Nc1cccc2cc(S(=O)(=O)O)cc(N)c12. The zero-order chi connectivity index (χ0) is 14.2. The minimum absolute atomic E-state index is 0.162. The van der Waals surface area contributed by atoms with Crippen LogP contribution in [0.15, 0.2) is 35.2 Å². The normalized spacial score (nSPS) is 11.5. The average Bonchev–Trinajstić information content (AvgIpc) is 2.26. The van der Waals surface area contributed by atoms with Gasteiger partial charge in [-0.1, -0.05) is 12.1 Å². The van der Waals surface area contributed by atoms with Gasteiger partial charge in [0.1, 0.15) is 0 Å². The summed E-state index contributed by atoms with van der Waals surface area (Å²) in [5.41, 5.74) is 6.46. The fourth-order valence-corrected chi connectivity index (χ4v) is 2.43. The lowest BCUT2D eigenvalue weighted by atomic mass is 10.1. The van der Waals surface area contributed by atoms with Crippen LogP contribution in [0.1, 0.15) is 6.92 Å². The average molecular weight is 280 g/mol. The van der Waals surface area contributed by atoms with Crippen LogP contribution in [0.5, 0.6) is 0 Å².